The van der Waals surface area contributed by atoms with Crippen molar-refractivity contribution in [3.8, 4) is 28.4 Å². The number of aromatic nitrogens is 16. The third-order valence-electron chi connectivity index (χ3n) is 24.1. The van der Waals surface area contributed by atoms with Gasteiger partial charge < -0.3 is 9.47 Å². The van der Waals surface area contributed by atoms with Crippen molar-refractivity contribution in [2.75, 3.05) is 13.2 Å². The number of ether oxygens (including phenoxy) is 2. The van der Waals surface area contributed by atoms with Gasteiger partial charge in [0, 0.05) is 101 Å². The van der Waals surface area contributed by atoms with Crippen LogP contribution in [0.4, 0.5) is 43.9 Å². The van der Waals surface area contributed by atoms with Gasteiger partial charge in [0.2, 0.25) is 0 Å². The van der Waals surface area contributed by atoms with E-state index in [9.17, 15) is 72.7 Å². The Hall–Kier alpha value is -15.6. The lowest BCUT2D eigenvalue weighted by Gasteiger charge is -2.12. The van der Waals surface area contributed by atoms with Gasteiger partial charge in [-0.05, 0) is 222 Å². The number of hydrogen-bond donors (Lipinski definition) is 0. The molecule has 0 aliphatic rings. The number of hydrogen-bond acceptors (Lipinski definition) is 19. The minimum absolute atomic E-state index is 0.00293. The number of carbonyl (C=O) groups excluding carboxylic acids is 6. The Morgan fingerprint density at radius 3 is 1.09 bits per heavy atom. The second-order valence-corrected chi connectivity index (χ2v) is 37.8. The molecule has 6 aromatic heterocycles. The van der Waals surface area contributed by atoms with Crippen molar-refractivity contribution in [3.05, 3.63) is 392 Å². The van der Waals surface area contributed by atoms with Gasteiger partial charge in [-0.3, -0.25) is 33.8 Å². The van der Waals surface area contributed by atoms with Crippen LogP contribution in [-0.4, -0.2) is 128 Å². The average molecular weight is 2060 g/mol. The average Bonchev–Trinajstić information content (AvgIpc) is 1.80. The highest BCUT2D eigenvalue weighted by atomic mass is 19.4. The first-order valence-corrected chi connectivity index (χ1v) is 49.7. The molecule has 0 fully saturated rings. The largest absolute Gasteiger partial charge is 0.465 e. The third-order valence-corrected chi connectivity index (χ3v) is 24.1. The molecule has 150 heavy (non-hydrogen) atoms. The van der Waals surface area contributed by atoms with Gasteiger partial charge in [-0.2, -0.15) is 39.5 Å². The van der Waals surface area contributed by atoms with Gasteiger partial charge in [-0.1, -0.05) is 233 Å². The van der Waals surface area contributed by atoms with E-state index in [2.05, 4.69) is 91.2 Å². The quantitative estimate of drug-likeness (QED) is 0.0254. The first-order chi connectivity index (χ1) is 71.8. The number of fused-ring (bicyclic) bond motifs is 1. The summed E-state index contributed by atoms with van der Waals surface area (Å²) in [4.78, 5) is 77.8. The zero-order valence-electron chi connectivity index (χ0n) is 85.0. The number of alkyl halides is 9. The Morgan fingerprint density at radius 1 is 0.353 bits per heavy atom. The molecule has 10 aromatic carbocycles. The molecule has 16 aromatic rings. The van der Waals surface area contributed by atoms with Gasteiger partial charge in [0.25, 0.3) is 0 Å². The molecule has 0 bridgehead atoms. The van der Waals surface area contributed by atoms with E-state index in [0.29, 0.717) is 86.1 Å². The van der Waals surface area contributed by atoms with Gasteiger partial charge in [0.05, 0.1) is 106 Å². The molecule has 0 aliphatic heterocycles. The Labute approximate surface area is 864 Å². The molecule has 0 amide bonds. The van der Waals surface area contributed by atoms with Gasteiger partial charge in [-0.25, -0.2) is 27.8 Å². The van der Waals surface area contributed by atoms with Crippen LogP contribution < -0.4 is 0 Å². The molecule has 0 aliphatic carbocycles. The number of unbranched alkanes of at least 4 members (excludes halogenated alkanes) is 1. The number of esters is 1. The number of aryl methyl sites for hydroxylation is 4. The molecule has 6 heterocycles. The highest BCUT2D eigenvalue weighted by Crippen LogP contribution is 2.36. The van der Waals surface area contributed by atoms with Crippen LogP contribution in [0.5, 0.6) is 0 Å². The van der Waals surface area contributed by atoms with Crippen molar-refractivity contribution in [2.24, 2.45) is 17.8 Å². The summed E-state index contributed by atoms with van der Waals surface area (Å²) >= 11 is 0. The van der Waals surface area contributed by atoms with Gasteiger partial charge in [0.1, 0.15) is 46.1 Å². The van der Waals surface area contributed by atoms with E-state index >= 15 is 0 Å². The van der Waals surface area contributed by atoms with Crippen LogP contribution in [0, 0.1) is 30.5 Å². The molecular weight excluding hydrogens is 1940 g/mol. The molecule has 0 saturated heterocycles. The summed E-state index contributed by atoms with van der Waals surface area (Å²) in [7, 11) is 0. The fourth-order valence-electron chi connectivity index (χ4n) is 16.2. The Morgan fingerprint density at radius 2 is 0.700 bits per heavy atom. The van der Waals surface area contributed by atoms with Crippen LogP contribution >= 0.6 is 0 Å². The lowest BCUT2D eigenvalue weighted by atomic mass is 9.98. The number of ketones is 5. The molecule has 0 atom stereocenters. The summed E-state index contributed by atoms with van der Waals surface area (Å²) in [5, 5.41) is 43.3. The molecule has 34 heteroatoms. The molecule has 0 N–H and O–H groups in total. The van der Waals surface area contributed by atoms with E-state index in [-0.39, 0.29) is 103 Å². The molecule has 24 nitrogen and oxygen atoms in total. The number of halogens is 10. The first-order valence-electron chi connectivity index (χ1n) is 49.7. The molecule has 0 radical (unpaired) electrons. The SMILES string of the molecule is CC(C)CC(=O)OCCc1cn(-c2ccc(CC(=O)Cc3ccccc3C(F)(F)F)cc2)nn1.CC(C)CCc1cn(-c2ccc(CC(=O)Cc3cccc4cnccc34)cc2)nn1.CC(C)CCc1cn(-c2ccc(CC(=O)Cc3ccccc3C(F)(F)F)cc2)nn1.CCCCc1cn(-c2ccc(CC(=O)Cc3ccccc3C(F)(F)F)cc2F)nn1.CCOCc1cn(-c2ccc(CC(=O)Cc3ccccc3C)cc2)nn1. The third kappa shape index (κ3) is 35.6. The normalized spacial score (nSPS) is 11.5. The molecule has 16 rings (SSSR count). The van der Waals surface area contributed by atoms with Crippen LogP contribution in [0.2, 0.25) is 0 Å². The number of pyridine rings is 1. The minimum atomic E-state index is -4.53. The monoisotopic (exact) mass is 2050 g/mol. The fraction of sp³-hybridized carbons (Fsp3) is 0.319. The number of Topliss-reactive ketones (excluding diaryl/α,β-unsaturated/α-hetero) is 5. The molecule has 0 spiro atoms. The lowest BCUT2D eigenvalue weighted by molar-refractivity contribution is -0.144. The summed E-state index contributed by atoms with van der Waals surface area (Å²) in [6.45, 7) is 20.0. The Kier molecular flexibility index (Phi) is 41.4. The molecule has 0 unspecified atom stereocenters. The van der Waals surface area contributed by atoms with E-state index in [4.69, 9.17) is 9.47 Å². The van der Waals surface area contributed by atoms with E-state index in [0.717, 1.165) is 147 Å². The van der Waals surface area contributed by atoms with E-state index in [1.165, 1.54) is 71.4 Å². The Balaban J connectivity index is 0.000000167. The predicted octanol–water partition coefficient (Wildman–Crippen LogP) is 23.3. The zero-order chi connectivity index (χ0) is 107. The van der Waals surface area contributed by atoms with Crippen LogP contribution in [-0.2, 0) is 153 Å². The van der Waals surface area contributed by atoms with Gasteiger partial charge in [0.15, 0.2) is 0 Å². The number of benzene rings is 10. The van der Waals surface area contributed by atoms with E-state index in [1.54, 1.807) is 79.8 Å². The zero-order valence-corrected chi connectivity index (χ0v) is 85.0. The minimum Gasteiger partial charge on any atom is -0.465 e. The summed E-state index contributed by atoms with van der Waals surface area (Å²) in [6.07, 6.45) is 7.47. The molecule has 782 valence electrons. The van der Waals surface area contributed by atoms with Crippen molar-refractivity contribution in [2.45, 2.75) is 209 Å². The summed E-state index contributed by atoms with van der Waals surface area (Å²) in [5.74, 6) is 0.0695. The standard InChI is InChI=1S/C25H26F3N3O3.C25H26N4O.C23H24F3N3O.C22H21F4N3O.C21H23N3O2/c1-17(2)13-24(33)34-12-11-20-16-31(30-29-20)21-9-7-18(8-10-21)14-22(32)15-19-5-3-4-6-23(19)25(26,27)28;1-18(2)6-9-22-17-29(28-27-22)23-10-7-19(8-11-23)14-24(30)15-20-4-3-5-21-16-26-13-12-25(20)21;1-16(2)7-10-19-15-29(28-27-19)20-11-8-17(9-12-20)13-21(30)14-18-5-3-4-6-22(18)23(24,25)26;1-2-3-7-17-14-29(28-27-17)21-10-9-15(12-20(21)23)11-18(30)13-16-6-4-5-8-19(16)22(24,25)26;1-3-26-15-19-14-24(23-22-19)20-10-8-17(9-11-20)12-21(25)13-18-7-5-4-6-16(18)2/h3-10,16-17H,11-15H2,1-2H3;3-5,7-8,10-13,16-18H,6,9,14-15H2,1-2H3;3-6,8-9,11-12,15-16H,7,10,13-14H2,1-2H3;4-6,8-10,12,14H,2-3,7,11,13H2,1H3;4-11,14H,3,12-13,15H2,1-2H3. The summed E-state index contributed by atoms with van der Waals surface area (Å²) < 4.78 is 151. The maximum Gasteiger partial charge on any atom is 0.416 e. The maximum absolute atomic E-state index is 14.5. The predicted molar refractivity (Wildman–Crippen MR) is 550 cm³/mol. The van der Waals surface area contributed by atoms with Crippen LogP contribution in [0.3, 0.4) is 0 Å². The second kappa shape index (κ2) is 54.9. The second-order valence-electron chi connectivity index (χ2n) is 37.8. The van der Waals surface area contributed by atoms with E-state index < -0.39 is 46.8 Å². The number of rotatable bonds is 42. The molecule has 0 saturated carbocycles. The lowest BCUT2D eigenvalue weighted by Crippen LogP contribution is -2.14. The highest BCUT2D eigenvalue weighted by Gasteiger charge is 2.36. The van der Waals surface area contributed by atoms with E-state index in [1.807, 2.05) is 162 Å². The van der Waals surface area contributed by atoms with Gasteiger partial charge >= 0.3 is 24.5 Å². The fourth-order valence-corrected chi connectivity index (χ4v) is 16.2. The summed E-state index contributed by atoms with van der Waals surface area (Å²) in [6, 6.07) is 65.6. The van der Waals surface area contributed by atoms with Crippen molar-refractivity contribution >= 4 is 45.7 Å². The number of carbonyl (C=O) groups is 6. The maximum atomic E-state index is 14.5. The van der Waals surface area contributed by atoms with Crippen LogP contribution in [0.1, 0.15) is 194 Å². The number of nitrogens with zero attached hydrogens (tertiary/aromatic N) is 16. The highest BCUT2D eigenvalue weighted by molar-refractivity contribution is 5.91. The van der Waals surface area contributed by atoms with Crippen molar-refractivity contribution in [1.82, 2.24) is 80.0 Å². The molecular formula is C116H120F10N16O8. The first kappa shape index (κ1) is 113. The topological polar surface area (TPSA) is 287 Å². The Bertz CT molecular complexity index is 7110. The van der Waals surface area contributed by atoms with Crippen molar-refractivity contribution in [3.63, 3.8) is 0 Å². The van der Waals surface area contributed by atoms with Crippen molar-refractivity contribution in [1.29, 1.82) is 0 Å². The van der Waals surface area contributed by atoms with Crippen LogP contribution in [0.25, 0.3) is 39.2 Å². The van der Waals surface area contributed by atoms with Crippen molar-refractivity contribution < 1.29 is 82.1 Å². The summed E-state index contributed by atoms with van der Waals surface area (Å²) in [5.41, 5.74) is 12.4. The van der Waals surface area contributed by atoms with Crippen LogP contribution in [0.15, 0.2) is 280 Å². The van der Waals surface area contributed by atoms with Gasteiger partial charge in [-0.15, -0.1) is 25.5 Å². The smallest absolute Gasteiger partial charge is 0.416 e.